The smallest absolute Gasteiger partial charge is 0.257 e. The molecule has 9 heteroatoms. The number of phenols is 1. The molecule has 1 saturated carbocycles. The highest BCUT2D eigenvalue weighted by atomic mass is 16.5. The molecule has 2 aliphatic heterocycles. The summed E-state index contributed by atoms with van der Waals surface area (Å²) in [6.45, 7) is 1.75. The number of hydrogen-bond donors (Lipinski definition) is 2. The van der Waals surface area contributed by atoms with Gasteiger partial charge in [-0.2, -0.15) is 5.06 Å². The lowest BCUT2D eigenvalue weighted by atomic mass is 9.51. The Bertz CT molecular complexity index is 1390. The second-order valence-corrected chi connectivity index (χ2v) is 10.4. The average Bonchev–Trinajstić information content (AvgIpc) is 3.24. The van der Waals surface area contributed by atoms with Gasteiger partial charge in [-0.05, 0) is 43.9 Å². The number of para-hydroxylation sites is 1. The number of ether oxygens (including phenoxy) is 1. The van der Waals surface area contributed by atoms with Crippen LogP contribution >= 0.6 is 0 Å². The Morgan fingerprint density at radius 3 is 2.38 bits per heavy atom. The van der Waals surface area contributed by atoms with Crippen molar-refractivity contribution in [2.24, 2.45) is 29.1 Å². The van der Waals surface area contributed by atoms with Crippen LogP contribution in [-0.2, 0) is 19.2 Å². The maximum absolute atomic E-state index is 14.2. The molecule has 2 aliphatic carbocycles. The predicted molar refractivity (Wildman–Crippen MR) is 129 cm³/mol. The van der Waals surface area contributed by atoms with Crippen molar-refractivity contribution in [1.29, 1.82) is 0 Å². The van der Waals surface area contributed by atoms with E-state index in [9.17, 15) is 29.5 Å². The molecule has 4 aliphatic rings. The number of anilines is 1. The molecule has 2 saturated heterocycles. The molecule has 4 amide bonds. The second-order valence-electron chi connectivity index (χ2n) is 10.4. The van der Waals surface area contributed by atoms with Gasteiger partial charge in [0.2, 0.25) is 11.8 Å². The molecule has 9 nitrogen and oxygen atoms in total. The van der Waals surface area contributed by atoms with Crippen molar-refractivity contribution in [1.82, 2.24) is 5.06 Å². The van der Waals surface area contributed by atoms with Gasteiger partial charge in [0.05, 0.1) is 36.0 Å². The van der Waals surface area contributed by atoms with Crippen LogP contribution in [0.25, 0.3) is 0 Å². The van der Waals surface area contributed by atoms with Gasteiger partial charge >= 0.3 is 0 Å². The Morgan fingerprint density at radius 1 is 0.973 bits per heavy atom. The third-order valence-electron chi connectivity index (χ3n) is 8.81. The molecule has 2 heterocycles. The molecule has 190 valence electrons. The average molecular weight is 503 g/mol. The van der Waals surface area contributed by atoms with Crippen molar-refractivity contribution in [3.05, 3.63) is 65.7 Å². The fourth-order valence-electron chi connectivity index (χ4n) is 7.06. The first-order valence-electron chi connectivity index (χ1n) is 12.3. The van der Waals surface area contributed by atoms with Crippen LogP contribution in [0, 0.1) is 29.1 Å². The fraction of sp³-hybridized carbons (Fsp3) is 0.357. The van der Waals surface area contributed by atoms with Crippen molar-refractivity contribution in [3.63, 3.8) is 0 Å². The van der Waals surface area contributed by atoms with Crippen LogP contribution in [0.2, 0.25) is 0 Å². The minimum Gasteiger partial charge on any atom is -0.508 e. The second kappa shape index (κ2) is 8.01. The van der Waals surface area contributed by atoms with Crippen LogP contribution in [0.3, 0.4) is 0 Å². The zero-order valence-corrected chi connectivity index (χ0v) is 20.3. The number of carbonyl (C=O) groups excluding carboxylic acids is 4. The van der Waals surface area contributed by atoms with Crippen LogP contribution < -0.4 is 9.64 Å². The number of benzene rings is 2. The molecule has 6 rings (SSSR count). The summed E-state index contributed by atoms with van der Waals surface area (Å²) in [5, 5.41) is 21.4. The van der Waals surface area contributed by atoms with Gasteiger partial charge < -0.3 is 9.84 Å². The number of nitrogens with zero attached hydrogens (tertiary/aromatic N) is 2. The van der Waals surface area contributed by atoms with Crippen LogP contribution in [0.1, 0.15) is 31.2 Å². The number of allylic oxidation sites excluding steroid dienone is 2. The minimum atomic E-state index is -1.25. The molecule has 0 aromatic heterocycles. The van der Waals surface area contributed by atoms with Gasteiger partial charge in [-0.25, -0.2) is 4.90 Å². The SMILES string of the molecule is COc1ccc(C2C3=CCC4C(=O)N(O)C(=O)C4C3CC3C(=O)N(c4ccccc4)C(=O)C32C)c(O)c1. The van der Waals surface area contributed by atoms with E-state index in [1.165, 1.54) is 18.1 Å². The maximum atomic E-state index is 14.2. The standard InChI is InChI=1S/C28H26N2O7/c1-28-20(25(33)29(27(28)35)14-6-4-3-5-7-14)13-19-16(10-11-18-22(19)26(34)30(36)24(18)32)23(28)17-9-8-15(37-2)12-21(17)31/h3-10,12,18-20,22-23,31,36H,11,13H2,1-2H3. The van der Waals surface area contributed by atoms with Crippen molar-refractivity contribution in [3.8, 4) is 11.5 Å². The van der Waals surface area contributed by atoms with E-state index < -0.39 is 46.8 Å². The normalized spacial score (nSPS) is 32.7. The van der Waals surface area contributed by atoms with Gasteiger partial charge in [0, 0.05) is 17.5 Å². The zero-order chi connectivity index (χ0) is 26.2. The summed E-state index contributed by atoms with van der Waals surface area (Å²) < 4.78 is 5.24. The number of fused-ring (bicyclic) bond motifs is 4. The Balaban J connectivity index is 1.55. The number of aromatic hydroxyl groups is 1. The van der Waals surface area contributed by atoms with Gasteiger partial charge in [-0.3, -0.25) is 24.4 Å². The summed E-state index contributed by atoms with van der Waals surface area (Å²) >= 11 is 0. The van der Waals surface area contributed by atoms with E-state index in [4.69, 9.17) is 4.74 Å². The fourth-order valence-corrected chi connectivity index (χ4v) is 7.06. The van der Waals surface area contributed by atoms with E-state index >= 15 is 0 Å². The highest BCUT2D eigenvalue weighted by molar-refractivity contribution is 6.24. The molecular weight excluding hydrogens is 476 g/mol. The van der Waals surface area contributed by atoms with Crippen molar-refractivity contribution in [2.45, 2.75) is 25.7 Å². The van der Waals surface area contributed by atoms with E-state index in [-0.39, 0.29) is 35.5 Å². The summed E-state index contributed by atoms with van der Waals surface area (Å²) in [5.41, 5.74) is 0.373. The van der Waals surface area contributed by atoms with Crippen molar-refractivity contribution < 1.29 is 34.2 Å². The van der Waals surface area contributed by atoms with E-state index in [0.29, 0.717) is 17.0 Å². The number of carbonyl (C=O) groups is 4. The molecule has 6 atom stereocenters. The number of hydrogen-bond acceptors (Lipinski definition) is 7. The number of hydroxylamine groups is 2. The third-order valence-corrected chi connectivity index (χ3v) is 8.81. The summed E-state index contributed by atoms with van der Waals surface area (Å²) in [6, 6.07) is 13.5. The molecule has 0 spiro atoms. The Labute approximate surface area is 212 Å². The molecule has 3 fully saturated rings. The van der Waals surface area contributed by atoms with Crippen LogP contribution in [0.15, 0.2) is 60.2 Å². The lowest BCUT2D eigenvalue weighted by molar-refractivity contribution is -0.173. The maximum Gasteiger partial charge on any atom is 0.257 e. The first kappa shape index (κ1) is 23.4. The molecule has 2 aromatic rings. The van der Waals surface area contributed by atoms with Crippen LogP contribution in [0.5, 0.6) is 11.5 Å². The topological polar surface area (TPSA) is 124 Å². The quantitative estimate of drug-likeness (QED) is 0.376. The van der Waals surface area contributed by atoms with Gasteiger partial charge in [0.15, 0.2) is 0 Å². The minimum absolute atomic E-state index is 0.0935. The molecule has 6 unspecified atom stereocenters. The molecule has 2 N–H and O–H groups in total. The highest BCUT2D eigenvalue weighted by Gasteiger charge is 2.67. The first-order chi connectivity index (χ1) is 17.7. The molecule has 37 heavy (non-hydrogen) atoms. The Kier molecular flexibility index (Phi) is 5.07. The van der Waals surface area contributed by atoms with Gasteiger partial charge in [0.1, 0.15) is 11.5 Å². The van der Waals surface area contributed by atoms with Crippen LogP contribution in [0.4, 0.5) is 5.69 Å². The zero-order valence-electron chi connectivity index (χ0n) is 20.3. The summed E-state index contributed by atoms with van der Waals surface area (Å²) in [5.74, 6) is -5.41. The third kappa shape index (κ3) is 3.00. The van der Waals surface area contributed by atoms with E-state index in [0.717, 1.165) is 5.57 Å². The predicted octanol–water partition coefficient (Wildman–Crippen LogP) is 3.02. The first-order valence-corrected chi connectivity index (χ1v) is 12.3. The molecule has 2 aromatic carbocycles. The summed E-state index contributed by atoms with van der Waals surface area (Å²) in [4.78, 5) is 54.8. The van der Waals surface area contributed by atoms with Gasteiger partial charge in [-0.15, -0.1) is 0 Å². The van der Waals surface area contributed by atoms with E-state index in [1.54, 1.807) is 49.4 Å². The highest BCUT2D eigenvalue weighted by Crippen LogP contribution is 2.64. The Hall–Kier alpha value is -3.98. The summed E-state index contributed by atoms with van der Waals surface area (Å²) in [6.07, 6.45) is 2.25. The number of imide groups is 2. The lowest BCUT2D eigenvalue weighted by Gasteiger charge is -2.49. The lowest BCUT2D eigenvalue weighted by Crippen LogP contribution is -2.48. The van der Waals surface area contributed by atoms with Crippen molar-refractivity contribution in [2.75, 3.05) is 12.0 Å². The number of methoxy groups -OCH3 is 1. The molecule has 0 bridgehead atoms. The molecular formula is C28H26N2O7. The van der Waals surface area contributed by atoms with Crippen LogP contribution in [-0.4, -0.2) is 46.1 Å². The largest absolute Gasteiger partial charge is 0.508 e. The van der Waals surface area contributed by atoms with Gasteiger partial charge in [0.25, 0.3) is 11.8 Å². The monoisotopic (exact) mass is 502 g/mol. The van der Waals surface area contributed by atoms with E-state index in [2.05, 4.69) is 0 Å². The van der Waals surface area contributed by atoms with Gasteiger partial charge in [-0.1, -0.05) is 35.9 Å². The Morgan fingerprint density at radius 2 is 1.70 bits per heavy atom. The number of amides is 4. The van der Waals surface area contributed by atoms with E-state index in [1.807, 2.05) is 6.08 Å². The number of rotatable bonds is 3. The van der Waals surface area contributed by atoms with Crippen molar-refractivity contribution >= 4 is 29.3 Å². The summed E-state index contributed by atoms with van der Waals surface area (Å²) in [7, 11) is 1.48. The number of phenolic OH excluding ortho intramolecular Hbond substituents is 1. The molecule has 0 radical (unpaired) electrons.